The summed E-state index contributed by atoms with van der Waals surface area (Å²) in [7, 11) is 0. The zero-order valence-electron chi connectivity index (χ0n) is 12.6. The van der Waals surface area contributed by atoms with Gasteiger partial charge in [-0.3, -0.25) is 9.59 Å². The van der Waals surface area contributed by atoms with Crippen LogP contribution in [0.3, 0.4) is 0 Å². The third kappa shape index (κ3) is 4.84. The molecule has 1 aromatic carbocycles. The molecule has 20 heavy (non-hydrogen) atoms. The SMILES string of the molecule is CC(=O)NN=C(C)CC(=O)Nc1c(C)cc(C)cc1C. The van der Waals surface area contributed by atoms with Crippen molar-refractivity contribution in [2.75, 3.05) is 5.32 Å². The molecule has 5 heteroatoms. The van der Waals surface area contributed by atoms with E-state index in [-0.39, 0.29) is 18.2 Å². The fraction of sp³-hybridized carbons (Fsp3) is 0.400. The van der Waals surface area contributed by atoms with Crippen LogP contribution in [-0.4, -0.2) is 17.5 Å². The first-order chi connectivity index (χ1) is 9.29. The van der Waals surface area contributed by atoms with Crippen molar-refractivity contribution >= 4 is 23.2 Å². The van der Waals surface area contributed by atoms with Gasteiger partial charge in [0.2, 0.25) is 11.8 Å². The van der Waals surface area contributed by atoms with Gasteiger partial charge in [-0.25, -0.2) is 5.43 Å². The largest absolute Gasteiger partial charge is 0.325 e. The van der Waals surface area contributed by atoms with E-state index < -0.39 is 0 Å². The molecule has 2 amide bonds. The smallest absolute Gasteiger partial charge is 0.236 e. The Kier molecular flexibility index (Phi) is 5.43. The summed E-state index contributed by atoms with van der Waals surface area (Å²) in [6, 6.07) is 4.06. The lowest BCUT2D eigenvalue weighted by Crippen LogP contribution is -2.20. The maximum Gasteiger partial charge on any atom is 0.236 e. The topological polar surface area (TPSA) is 70.6 Å². The van der Waals surface area contributed by atoms with Crippen LogP contribution < -0.4 is 10.7 Å². The summed E-state index contributed by atoms with van der Waals surface area (Å²) in [5.74, 6) is -0.401. The van der Waals surface area contributed by atoms with Crippen molar-refractivity contribution in [3.8, 4) is 0 Å². The molecule has 0 heterocycles. The molecular weight excluding hydrogens is 254 g/mol. The number of hydrazone groups is 1. The minimum absolute atomic E-state index is 0.146. The van der Waals surface area contributed by atoms with Crippen molar-refractivity contribution in [1.82, 2.24) is 5.43 Å². The normalized spacial score (nSPS) is 11.2. The fourth-order valence-electron chi connectivity index (χ4n) is 2.01. The minimum Gasteiger partial charge on any atom is -0.325 e. The Morgan fingerprint density at radius 3 is 2.15 bits per heavy atom. The van der Waals surface area contributed by atoms with Crippen molar-refractivity contribution in [3.05, 3.63) is 28.8 Å². The molecule has 5 nitrogen and oxygen atoms in total. The van der Waals surface area contributed by atoms with E-state index in [1.807, 2.05) is 32.9 Å². The van der Waals surface area contributed by atoms with Crippen LogP contribution in [-0.2, 0) is 9.59 Å². The minimum atomic E-state index is -0.255. The highest BCUT2D eigenvalue weighted by atomic mass is 16.2. The van der Waals surface area contributed by atoms with Crippen LogP contribution in [0.4, 0.5) is 5.69 Å². The Morgan fingerprint density at radius 2 is 1.65 bits per heavy atom. The van der Waals surface area contributed by atoms with E-state index in [0.717, 1.165) is 16.8 Å². The summed E-state index contributed by atoms with van der Waals surface area (Å²) in [5.41, 5.74) is 6.95. The van der Waals surface area contributed by atoms with E-state index >= 15 is 0 Å². The Morgan fingerprint density at radius 1 is 1.10 bits per heavy atom. The third-order valence-corrected chi connectivity index (χ3v) is 2.76. The van der Waals surface area contributed by atoms with Gasteiger partial charge in [-0.1, -0.05) is 17.7 Å². The molecule has 0 saturated carbocycles. The van der Waals surface area contributed by atoms with E-state index in [2.05, 4.69) is 15.8 Å². The van der Waals surface area contributed by atoms with Gasteiger partial charge in [0.05, 0.1) is 6.42 Å². The summed E-state index contributed by atoms with van der Waals surface area (Å²) in [5, 5.41) is 6.71. The van der Waals surface area contributed by atoms with Gasteiger partial charge in [0.15, 0.2) is 0 Å². The number of anilines is 1. The molecule has 2 N–H and O–H groups in total. The number of carbonyl (C=O) groups is 2. The van der Waals surface area contributed by atoms with Gasteiger partial charge in [-0.2, -0.15) is 5.10 Å². The van der Waals surface area contributed by atoms with Crippen molar-refractivity contribution in [2.24, 2.45) is 5.10 Å². The zero-order valence-corrected chi connectivity index (χ0v) is 12.6. The lowest BCUT2D eigenvalue weighted by molar-refractivity contribution is -0.119. The highest BCUT2D eigenvalue weighted by molar-refractivity contribution is 6.06. The number of amides is 2. The van der Waals surface area contributed by atoms with Crippen molar-refractivity contribution < 1.29 is 9.59 Å². The highest BCUT2D eigenvalue weighted by Crippen LogP contribution is 2.21. The van der Waals surface area contributed by atoms with Crippen molar-refractivity contribution in [3.63, 3.8) is 0 Å². The maximum atomic E-state index is 12.0. The number of hydrogen-bond donors (Lipinski definition) is 2. The third-order valence-electron chi connectivity index (χ3n) is 2.76. The molecule has 0 bridgehead atoms. The molecule has 0 aliphatic rings. The summed E-state index contributed by atoms with van der Waals surface area (Å²) in [6.07, 6.45) is 0.146. The Hall–Kier alpha value is -2.17. The number of hydrogen-bond acceptors (Lipinski definition) is 3. The van der Waals surface area contributed by atoms with Crippen LogP contribution >= 0.6 is 0 Å². The number of rotatable bonds is 4. The van der Waals surface area contributed by atoms with E-state index in [9.17, 15) is 9.59 Å². The summed E-state index contributed by atoms with van der Waals surface area (Å²) < 4.78 is 0. The average molecular weight is 275 g/mol. The van der Waals surface area contributed by atoms with Gasteiger partial charge >= 0.3 is 0 Å². The number of nitrogens with zero attached hydrogens (tertiary/aromatic N) is 1. The van der Waals surface area contributed by atoms with Crippen molar-refractivity contribution in [1.29, 1.82) is 0 Å². The molecule has 0 radical (unpaired) electrons. The quantitative estimate of drug-likeness (QED) is 0.654. The zero-order chi connectivity index (χ0) is 15.3. The van der Waals surface area contributed by atoms with Gasteiger partial charge in [-0.05, 0) is 38.8 Å². The van der Waals surface area contributed by atoms with Crippen LogP contribution in [0.15, 0.2) is 17.2 Å². The predicted octanol–water partition coefficient (Wildman–Crippen LogP) is 2.45. The monoisotopic (exact) mass is 275 g/mol. The number of aryl methyl sites for hydroxylation is 3. The van der Waals surface area contributed by atoms with E-state index in [1.54, 1.807) is 6.92 Å². The van der Waals surface area contributed by atoms with E-state index in [4.69, 9.17) is 0 Å². The molecule has 0 atom stereocenters. The molecule has 0 aliphatic carbocycles. The maximum absolute atomic E-state index is 12.0. The number of nitrogens with one attached hydrogen (secondary N) is 2. The Labute approximate surface area is 119 Å². The van der Waals surface area contributed by atoms with E-state index in [1.165, 1.54) is 12.5 Å². The summed E-state index contributed by atoms with van der Waals surface area (Å²) >= 11 is 0. The second-order valence-corrected chi connectivity index (χ2v) is 5.01. The molecule has 0 unspecified atom stereocenters. The molecule has 0 spiro atoms. The van der Waals surface area contributed by atoms with Crippen LogP contribution in [0.5, 0.6) is 0 Å². The molecule has 0 aliphatic heterocycles. The number of benzene rings is 1. The Bertz CT molecular complexity index is 539. The molecule has 0 aromatic heterocycles. The second kappa shape index (κ2) is 6.84. The average Bonchev–Trinajstić information content (AvgIpc) is 2.31. The number of carbonyl (C=O) groups excluding carboxylic acids is 2. The lowest BCUT2D eigenvalue weighted by atomic mass is 10.0. The second-order valence-electron chi connectivity index (χ2n) is 5.01. The molecule has 1 rings (SSSR count). The van der Waals surface area contributed by atoms with Crippen LogP contribution in [0, 0.1) is 20.8 Å². The van der Waals surface area contributed by atoms with Crippen LogP contribution in [0.2, 0.25) is 0 Å². The van der Waals surface area contributed by atoms with E-state index in [0.29, 0.717) is 5.71 Å². The Balaban J connectivity index is 2.72. The first-order valence-electron chi connectivity index (χ1n) is 6.47. The molecule has 108 valence electrons. The van der Waals surface area contributed by atoms with Gasteiger partial charge in [-0.15, -0.1) is 0 Å². The standard InChI is InChI=1S/C15H21N3O2/c1-9-6-10(2)15(11(3)7-9)16-14(20)8-12(4)17-18-13(5)19/h6-7H,8H2,1-5H3,(H,16,20)(H,18,19). The molecule has 1 aromatic rings. The van der Waals surface area contributed by atoms with Gasteiger partial charge in [0.1, 0.15) is 0 Å². The van der Waals surface area contributed by atoms with Crippen LogP contribution in [0.25, 0.3) is 0 Å². The summed E-state index contributed by atoms with van der Waals surface area (Å²) in [4.78, 5) is 22.7. The molecular formula is C15H21N3O2. The first-order valence-corrected chi connectivity index (χ1v) is 6.47. The first kappa shape index (κ1) is 15.9. The van der Waals surface area contributed by atoms with Gasteiger partial charge in [0, 0.05) is 18.3 Å². The molecule has 0 fully saturated rings. The fourth-order valence-corrected chi connectivity index (χ4v) is 2.01. The van der Waals surface area contributed by atoms with Gasteiger partial charge < -0.3 is 5.32 Å². The lowest BCUT2D eigenvalue weighted by Gasteiger charge is -2.12. The van der Waals surface area contributed by atoms with Gasteiger partial charge in [0.25, 0.3) is 0 Å². The molecule has 0 saturated heterocycles. The summed E-state index contributed by atoms with van der Waals surface area (Å²) in [6.45, 7) is 9.03. The predicted molar refractivity (Wildman–Crippen MR) is 80.8 cm³/mol. The van der Waals surface area contributed by atoms with Crippen LogP contribution in [0.1, 0.15) is 37.0 Å². The van der Waals surface area contributed by atoms with Crippen molar-refractivity contribution in [2.45, 2.75) is 41.0 Å². The highest BCUT2D eigenvalue weighted by Gasteiger charge is 2.09.